The Morgan fingerprint density at radius 1 is 1.08 bits per heavy atom. The van der Waals surface area contributed by atoms with Crippen molar-refractivity contribution in [3.63, 3.8) is 0 Å². The van der Waals surface area contributed by atoms with E-state index in [9.17, 15) is 0 Å². The quantitative estimate of drug-likeness (QED) is 0.629. The third kappa shape index (κ3) is 3.57. The highest BCUT2D eigenvalue weighted by atomic mass is 32.2. The Hall–Kier alpha value is -2.40. The molecule has 0 radical (unpaired) electrons. The predicted molar refractivity (Wildman–Crippen MR) is 100 cm³/mol. The van der Waals surface area contributed by atoms with Gasteiger partial charge in [0.15, 0.2) is 5.16 Å². The highest BCUT2D eigenvalue weighted by molar-refractivity contribution is 7.98. The van der Waals surface area contributed by atoms with Crippen LogP contribution in [0.3, 0.4) is 0 Å². The highest BCUT2D eigenvalue weighted by Gasteiger charge is 2.09. The Bertz CT molecular complexity index is 796. The maximum Gasteiger partial charge on any atom is 0.172 e. The van der Waals surface area contributed by atoms with Crippen LogP contribution in [0.4, 0.5) is 5.69 Å². The van der Waals surface area contributed by atoms with Crippen LogP contribution in [-0.2, 0) is 5.75 Å². The fourth-order valence-electron chi connectivity index (χ4n) is 2.55. The molecule has 2 aromatic carbocycles. The summed E-state index contributed by atoms with van der Waals surface area (Å²) in [6, 6.07) is 16.5. The topological polar surface area (TPSA) is 30.3 Å². The number of imidazole rings is 1. The molecular formula is C19H21N3OS. The smallest absolute Gasteiger partial charge is 0.172 e. The number of aromatic nitrogens is 2. The van der Waals surface area contributed by atoms with Crippen LogP contribution in [0.15, 0.2) is 66.1 Å². The Kier molecular flexibility index (Phi) is 5.11. The lowest BCUT2D eigenvalue weighted by molar-refractivity contribution is 0.414. The van der Waals surface area contributed by atoms with Crippen molar-refractivity contribution in [2.24, 2.45) is 0 Å². The van der Waals surface area contributed by atoms with E-state index in [1.807, 2.05) is 36.7 Å². The Balaban J connectivity index is 1.79. The molecule has 0 saturated heterocycles. The monoisotopic (exact) mass is 339 g/mol. The number of benzene rings is 2. The van der Waals surface area contributed by atoms with E-state index < -0.39 is 0 Å². The lowest BCUT2D eigenvalue weighted by atomic mass is 10.2. The van der Waals surface area contributed by atoms with Gasteiger partial charge >= 0.3 is 0 Å². The van der Waals surface area contributed by atoms with Crippen LogP contribution >= 0.6 is 11.8 Å². The number of ether oxygens (including phenoxy) is 1. The number of nitrogens with zero attached hydrogens (tertiary/aromatic N) is 3. The highest BCUT2D eigenvalue weighted by Crippen LogP contribution is 2.28. The van der Waals surface area contributed by atoms with Gasteiger partial charge in [0.2, 0.25) is 0 Å². The first-order valence-corrected chi connectivity index (χ1v) is 8.73. The maximum atomic E-state index is 5.22. The average molecular weight is 339 g/mol. The molecule has 0 N–H and O–H groups in total. The second-order valence-electron chi connectivity index (χ2n) is 5.59. The van der Waals surface area contributed by atoms with Gasteiger partial charge in [-0.2, -0.15) is 0 Å². The standard InChI is InChI=1S/C19H21N3OS/c1-21(2)18-7-5-4-6-15(18)14-24-19-20-12-13-22(19)16-8-10-17(23-3)11-9-16/h4-13H,14H2,1-3H3. The van der Waals surface area contributed by atoms with Gasteiger partial charge in [-0.25, -0.2) is 4.98 Å². The van der Waals surface area contributed by atoms with Crippen LogP contribution in [0.25, 0.3) is 5.69 Å². The van der Waals surface area contributed by atoms with Crippen molar-refractivity contribution < 1.29 is 4.74 Å². The third-order valence-electron chi connectivity index (χ3n) is 3.79. The zero-order valence-corrected chi connectivity index (χ0v) is 15.0. The first-order chi connectivity index (χ1) is 11.7. The summed E-state index contributed by atoms with van der Waals surface area (Å²) in [6.45, 7) is 0. The molecule has 24 heavy (non-hydrogen) atoms. The molecular weight excluding hydrogens is 318 g/mol. The van der Waals surface area contributed by atoms with Crippen molar-refractivity contribution in [3.05, 3.63) is 66.5 Å². The van der Waals surface area contributed by atoms with Gasteiger partial charge in [-0.15, -0.1) is 0 Å². The molecule has 5 heteroatoms. The van der Waals surface area contributed by atoms with E-state index in [4.69, 9.17) is 4.74 Å². The maximum absolute atomic E-state index is 5.22. The van der Waals surface area contributed by atoms with Crippen molar-refractivity contribution >= 4 is 17.4 Å². The van der Waals surface area contributed by atoms with Crippen LogP contribution in [0.2, 0.25) is 0 Å². The van der Waals surface area contributed by atoms with Gasteiger partial charge in [0, 0.05) is 43.6 Å². The van der Waals surface area contributed by atoms with E-state index in [1.165, 1.54) is 11.3 Å². The molecule has 124 valence electrons. The average Bonchev–Trinajstić information content (AvgIpc) is 3.08. The molecule has 0 aliphatic carbocycles. The van der Waals surface area contributed by atoms with Crippen molar-refractivity contribution in [1.82, 2.24) is 9.55 Å². The van der Waals surface area contributed by atoms with E-state index in [0.717, 1.165) is 22.3 Å². The van der Waals surface area contributed by atoms with Gasteiger partial charge in [-0.1, -0.05) is 30.0 Å². The van der Waals surface area contributed by atoms with Crippen LogP contribution < -0.4 is 9.64 Å². The van der Waals surface area contributed by atoms with E-state index in [0.29, 0.717) is 0 Å². The number of para-hydroxylation sites is 1. The molecule has 0 fully saturated rings. The molecule has 0 bridgehead atoms. The number of rotatable bonds is 6. The molecule has 0 saturated carbocycles. The molecule has 1 aromatic heterocycles. The summed E-state index contributed by atoms with van der Waals surface area (Å²) in [7, 11) is 5.82. The summed E-state index contributed by atoms with van der Waals surface area (Å²) in [5.74, 6) is 1.73. The summed E-state index contributed by atoms with van der Waals surface area (Å²) in [6.07, 6.45) is 3.83. The van der Waals surface area contributed by atoms with Crippen LogP contribution in [0.5, 0.6) is 5.75 Å². The molecule has 0 aliphatic rings. The second kappa shape index (κ2) is 7.45. The van der Waals surface area contributed by atoms with Crippen LogP contribution in [0.1, 0.15) is 5.56 Å². The first-order valence-electron chi connectivity index (χ1n) is 7.75. The number of thioether (sulfide) groups is 1. The molecule has 0 unspecified atom stereocenters. The molecule has 1 heterocycles. The minimum Gasteiger partial charge on any atom is -0.497 e. The lowest BCUT2D eigenvalue weighted by Gasteiger charge is -2.17. The lowest BCUT2D eigenvalue weighted by Crippen LogP contribution is -2.10. The zero-order chi connectivity index (χ0) is 16.9. The predicted octanol–water partition coefficient (Wildman–Crippen LogP) is 4.24. The van der Waals surface area contributed by atoms with Crippen LogP contribution in [-0.4, -0.2) is 30.8 Å². The van der Waals surface area contributed by atoms with Crippen molar-refractivity contribution in [2.45, 2.75) is 10.9 Å². The summed E-state index contributed by atoms with van der Waals surface area (Å²) in [5, 5.41) is 0.980. The summed E-state index contributed by atoms with van der Waals surface area (Å²) in [5.41, 5.74) is 3.63. The number of methoxy groups -OCH3 is 1. The first kappa shape index (κ1) is 16.5. The number of anilines is 1. The van der Waals surface area contributed by atoms with Crippen LogP contribution in [0, 0.1) is 0 Å². The van der Waals surface area contributed by atoms with Gasteiger partial charge in [0.1, 0.15) is 5.75 Å². The van der Waals surface area contributed by atoms with Crippen molar-refractivity contribution in [2.75, 3.05) is 26.1 Å². The summed E-state index contributed by atoms with van der Waals surface area (Å²) >= 11 is 1.74. The number of hydrogen-bond donors (Lipinski definition) is 0. The van der Waals surface area contributed by atoms with Gasteiger partial charge in [0.05, 0.1) is 7.11 Å². The molecule has 3 rings (SSSR count). The Morgan fingerprint density at radius 2 is 1.83 bits per heavy atom. The molecule has 3 aromatic rings. The SMILES string of the molecule is COc1ccc(-n2ccnc2SCc2ccccc2N(C)C)cc1. The largest absolute Gasteiger partial charge is 0.497 e. The minimum atomic E-state index is 0.855. The normalized spacial score (nSPS) is 10.6. The van der Waals surface area contributed by atoms with Gasteiger partial charge in [-0.3, -0.25) is 4.57 Å². The molecule has 4 nitrogen and oxygen atoms in total. The minimum absolute atomic E-state index is 0.855. The molecule has 0 aliphatic heterocycles. The molecule has 0 amide bonds. The third-order valence-corrected chi connectivity index (χ3v) is 4.80. The van der Waals surface area contributed by atoms with Crippen molar-refractivity contribution in [3.8, 4) is 11.4 Å². The fraction of sp³-hybridized carbons (Fsp3) is 0.211. The summed E-state index contributed by atoms with van der Waals surface area (Å²) < 4.78 is 7.32. The van der Waals surface area contributed by atoms with E-state index in [2.05, 4.69) is 52.8 Å². The van der Waals surface area contributed by atoms with Gasteiger partial charge in [0.25, 0.3) is 0 Å². The van der Waals surface area contributed by atoms with Gasteiger partial charge in [-0.05, 0) is 35.9 Å². The van der Waals surface area contributed by atoms with E-state index in [1.54, 1.807) is 18.9 Å². The molecule has 0 atom stereocenters. The van der Waals surface area contributed by atoms with Crippen molar-refractivity contribution in [1.29, 1.82) is 0 Å². The molecule has 0 spiro atoms. The van der Waals surface area contributed by atoms with Gasteiger partial charge < -0.3 is 9.64 Å². The summed E-state index contributed by atoms with van der Waals surface area (Å²) in [4.78, 5) is 6.65. The Labute approximate surface area is 147 Å². The number of hydrogen-bond acceptors (Lipinski definition) is 4. The van der Waals surface area contributed by atoms with E-state index >= 15 is 0 Å². The zero-order valence-electron chi connectivity index (χ0n) is 14.1. The fourth-order valence-corrected chi connectivity index (χ4v) is 3.52. The second-order valence-corrected chi connectivity index (χ2v) is 6.53. The van der Waals surface area contributed by atoms with E-state index in [-0.39, 0.29) is 0 Å². The Morgan fingerprint density at radius 3 is 2.54 bits per heavy atom.